The summed E-state index contributed by atoms with van der Waals surface area (Å²) in [5.41, 5.74) is 1.52. The zero-order valence-corrected chi connectivity index (χ0v) is 38.2. The quantitative estimate of drug-likeness (QED) is 0.111. The molecule has 4 aromatic rings. The summed E-state index contributed by atoms with van der Waals surface area (Å²) in [5.74, 6) is -1.14. The molecular formula is C46H63F2N9O4S. The molecule has 3 aromatic carbocycles. The summed E-state index contributed by atoms with van der Waals surface area (Å²) < 4.78 is 49.4. The number of aromatic nitrogens is 2. The molecule has 1 saturated carbocycles. The fourth-order valence-corrected chi connectivity index (χ4v) is 8.91. The Hall–Kier alpha value is -4.95. The smallest absolute Gasteiger partial charge is 0.261 e. The van der Waals surface area contributed by atoms with Crippen molar-refractivity contribution in [2.45, 2.75) is 104 Å². The van der Waals surface area contributed by atoms with Gasteiger partial charge in [-0.25, -0.2) is 18.1 Å². The van der Waals surface area contributed by atoms with Crippen LogP contribution in [0.3, 0.4) is 0 Å². The summed E-state index contributed by atoms with van der Waals surface area (Å²) in [6, 6.07) is 14.5. The minimum absolute atomic E-state index is 0.0164. The second-order valence-electron chi connectivity index (χ2n) is 15.3. The van der Waals surface area contributed by atoms with Crippen LogP contribution in [0.25, 0.3) is 10.9 Å². The zero-order chi connectivity index (χ0) is 45.0. The predicted octanol–water partition coefficient (Wildman–Crippen LogP) is 8.72. The summed E-state index contributed by atoms with van der Waals surface area (Å²) >= 11 is 1.28. The minimum atomic E-state index is -0.693. The van der Waals surface area contributed by atoms with Crippen LogP contribution in [0.4, 0.5) is 25.8 Å². The summed E-state index contributed by atoms with van der Waals surface area (Å²) in [6.45, 7) is 16.2. The van der Waals surface area contributed by atoms with E-state index in [-0.39, 0.29) is 46.0 Å². The van der Waals surface area contributed by atoms with Gasteiger partial charge >= 0.3 is 0 Å². The molecule has 3 aliphatic rings. The van der Waals surface area contributed by atoms with E-state index in [9.17, 15) is 14.9 Å². The van der Waals surface area contributed by atoms with Crippen LogP contribution >= 0.6 is 12.1 Å². The molecule has 62 heavy (non-hydrogen) atoms. The van der Waals surface area contributed by atoms with Crippen molar-refractivity contribution in [1.82, 2.24) is 24.1 Å². The summed E-state index contributed by atoms with van der Waals surface area (Å²) in [5, 5.41) is 16.0. The van der Waals surface area contributed by atoms with Crippen LogP contribution in [-0.2, 0) is 9.53 Å². The summed E-state index contributed by atoms with van der Waals surface area (Å²) in [6.07, 6.45) is 6.58. The first kappa shape index (κ1) is 48.1. The topological polar surface area (TPSA) is 140 Å². The van der Waals surface area contributed by atoms with Gasteiger partial charge in [-0.3, -0.25) is 19.1 Å². The zero-order valence-electron chi connectivity index (χ0n) is 37.4. The number of likely N-dealkylation sites (N-methyl/N-ethyl adjacent to an activating group) is 1. The van der Waals surface area contributed by atoms with E-state index in [1.54, 1.807) is 42.2 Å². The number of rotatable bonds is 13. The van der Waals surface area contributed by atoms with Gasteiger partial charge in [-0.2, -0.15) is 5.26 Å². The lowest BCUT2D eigenvalue weighted by Gasteiger charge is -2.45. The van der Waals surface area contributed by atoms with Gasteiger partial charge in [0.25, 0.3) is 5.56 Å². The molecule has 16 heteroatoms. The van der Waals surface area contributed by atoms with Gasteiger partial charge < -0.3 is 29.7 Å². The van der Waals surface area contributed by atoms with Gasteiger partial charge in [0.15, 0.2) is 11.6 Å². The Morgan fingerprint density at radius 2 is 1.76 bits per heavy atom. The van der Waals surface area contributed by atoms with Gasteiger partial charge in [0.05, 0.1) is 46.9 Å². The third-order valence-electron chi connectivity index (χ3n) is 11.8. The molecule has 2 atom stereocenters. The number of benzene rings is 3. The number of carbonyl (C=O) groups excluding carboxylic acids is 1. The molecule has 1 aliphatic carbocycles. The Morgan fingerprint density at radius 1 is 1.03 bits per heavy atom. The van der Waals surface area contributed by atoms with Crippen molar-refractivity contribution < 1.29 is 23.0 Å². The molecule has 2 saturated heterocycles. The maximum atomic E-state index is 15.3. The number of anilines is 3. The van der Waals surface area contributed by atoms with Gasteiger partial charge in [0.2, 0.25) is 5.91 Å². The SMILES string of the molecule is CC.CC.CCC(Nc1ccc(N2CCN(C3CCC4(CC3)CC(n3cnc5ccc(Oc6c(F)ccc(NSN(C)CC)c6C#N)cc5c3=O)CO4)CC2)c(F)c1)C(=O)NC. The molecule has 0 bridgehead atoms. The first-order chi connectivity index (χ1) is 30.0. The van der Waals surface area contributed by atoms with Gasteiger partial charge in [-0.15, -0.1) is 0 Å². The van der Waals surface area contributed by atoms with E-state index in [1.807, 2.05) is 59.0 Å². The number of carbonyl (C=O) groups is 1. The molecule has 7 rings (SSSR count). The Labute approximate surface area is 369 Å². The maximum Gasteiger partial charge on any atom is 0.261 e. The van der Waals surface area contributed by atoms with Crippen LogP contribution in [0.1, 0.15) is 91.7 Å². The molecular weight excluding hydrogens is 813 g/mol. The normalized spacial score (nSPS) is 20.4. The van der Waals surface area contributed by atoms with E-state index in [0.29, 0.717) is 53.5 Å². The van der Waals surface area contributed by atoms with E-state index in [1.165, 1.54) is 30.3 Å². The van der Waals surface area contributed by atoms with E-state index >= 15 is 8.78 Å². The number of nitriles is 1. The standard InChI is InChI=1S/C42H51F2N9O4S.2C2H6/c1-5-35(40(54)46-3)48-27-7-12-38(34(44)21-27)52-19-17-51(18-20-52)28-13-15-42(16-14-28)23-29(25-56-42)53-26-47-36-10-8-30(22-31(36)41(53)55)57-39-32(24-45)37(11-9-33(39)43)49-58-50(4)6-2;2*1-2/h7-12,21-22,26,28-29,35,48-49H,5-6,13-20,23,25H2,1-4H3,(H,46,54);2*1-2H3. The van der Waals surface area contributed by atoms with E-state index < -0.39 is 11.9 Å². The van der Waals surface area contributed by atoms with Crippen molar-refractivity contribution in [3.63, 3.8) is 0 Å². The van der Waals surface area contributed by atoms with Crippen molar-refractivity contribution >= 4 is 46.0 Å². The molecule has 1 spiro atoms. The third-order valence-corrected chi connectivity index (χ3v) is 12.7. The highest BCUT2D eigenvalue weighted by molar-refractivity contribution is 7.98. The number of ether oxygens (including phenoxy) is 2. The van der Waals surface area contributed by atoms with Crippen molar-refractivity contribution in [2.24, 2.45) is 0 Å². The number of amides is 1. The van der Waals surface area contributed by atoms with Crippen LogP contribution in [-0.4, -0.2) is 95.8 Å². The second kappa shape index (κ2) is 22.4. The van der Waals surface area contributed by atoms with Crippen molar-refractivity contribution in [3.05, 3.63) is 82.4 Å². The van der Waals surface area contributed by atoms with Crippen LogP contribution < -0.4 is 30.6 Å². The number of hydrogen-bond acceptors (Lipinski definition) is 12. The molecule has 2 aliphatic heterocycles. The Balaban J connectivity index is 0.00000176. The van der Waals surface area contributed by atoms with E-state index in [4.69, 9.17) is 9.47 Å². The Bertz CT molecular complexity index is 2220. The molecule has 3 heterocycles. The average Bonchev–Trinajstić information content (AvgIpc) is 3.72. The predicted molar refractivity (Wildman–Crippen MR) is 246 cm³/mol. The molecule has 0 radical (unpaired) electrons. The first-order valence-corrected chi connectivity index (χ1v) is 22.8. The molecule has 3 N–H and O–H groups in total. The lowest BCUT2D eigenvalue weighted by molar-refractivity contribution is -0.121. The van der Waals surface area contributed by atoms with Crippen LogP contribution in [0.15, 0.2) is 59.7 Å². The van der Waals surface area contributed by atoms with Crippen molar-refractivity contribution in [1.29, 1.82) is 5.26 Å². The number of hydrogen-bond donors (Lipinski definition) is 3. The lowest BCUT2D eigenvalue weighted by atomic mass is 9.79. The van der Waals surface area contributed by atoms with Crippen molar-refractivity contribution in [2.75, 3.05) is 68.4 Å². The highest BCUT2D eigenvalue weighted by Gasteiger charge is 2.45. The van der Waals surface area contributed by atoms with Gasteiger partial charge in [0, 0.05) is 63.6 Å². The van der Waals surface area contributed by atoms with Gasteiger partial charge in [-0.1, -0.05) is 41.5 Å². The van der Waals surface area contributed by atoms with E-state index in [0.717, 1.165) is 58.4 Å². The molecule has 1 amide bonds. The average molecular weight is 876 g/mol. The van der Waals surface area contributed by atoms with E-state index in [2.05, 4.69) is 36.2 Å². The largest absolute Gasteiger partial charge is 0.453 e. The Kier molecular flexibility index (Phi) is 17.4. The van der Waals surface area contributed by atoms with Crippen LogP contribution in [0.2, 0.25) is 0 Å². The Morgan fingerprint density at radius 3 is 2.40 bits per heavy atom. The summed E-state index contributed by atoms with van der Waals surface area (Å²) in [4.78, 5) is 35.2. The number of halogens is 2. The highest BCUT2D eigenvalue weighted by atomic mass is 32.2. The maximum absolute atomic E-state index is 15.3. The molecule has 3 fully saturated rings. The second-order valence-corrected chi connectivity index (χ2v) is 16.3. The minimum Gasteiger partial charge on any atom is -0.453 e. The molecule has 1 aromatic heterocycles. The van der Waals surface area contributed by atoms with Crippen LogP contribution in [0, 0.1) is 23.0 Å². The third kappa shape index (κ3) is 11.0. The lowest BCUT2D eigenvalue weighted by Crippen LogP contribution is -2.52. The fraction of sp³-hybridized carbons (Fsp3) is 0.522. The number of nitrogens with one attached hydrogen (secondary N) is 3. The van der Waals surface area contributed by atoms with Crippen LogP contribution in [0.5, 0.6) is 11.5 Å². The monoisotopic (exact) mass is 875 g/mol. The van der Waals surface area contributed by atoms with Gasteiger partial charge in [0.1, 0.15) is 29.2 Å². The fourth-order valence-electron chi connectivity index (χ4n) is 8.35. The number of piperazine rings is 1. The molecule has 2 unspecified atom stereocenters. The molecule has 13 nitrogen and oxygen atoms in total. The number of nitrogens with zero attached hydrogens (tertiary/aromatic N) is 6. The number of fused-ring (bicyclic) bond motifs is 1. The molecule has 336 valence electrons. The van der Waals surface area contributed by atoms with Gasteiger partial charge in [-0.05, 0) is 94.1 Å². The van der Waals surface area contributed by atoms with Crippen molar-refractivity contribution in [3.8, 4) is 17.6 Å². The first-order valence-electron chi connectivity index (χ1n) is 22.0. The highest BCUT2D eigenvalue weighted by Crippen LogP contribution is 2.44. The summed E-state index contributed by atoms with van der Waals surface area (Å²) in [7, 11) is 3.48.